The lowest BCUT2D eigenvalue weighted by Crippen LogP contribution is -2.17. The summed E-state index contributed by atoms with van der Waals surface area (Å²) in [7, 11) is 0. The molecule has 0 radical (unpaired) electrons. The third-order valence-corrected chi connectivity index (χ3v) is 7.08. The number of unbranched alkanes of at least 4 members (excludes halogenated alkanes) is 21. The van der Waals surface area contributed by atoms with Crippen molar-refractivity contribution in [3.63, 3.8) is 0 Å². The molecule has 2 N–H and O–H groups in total. The summed E-state index contributed by atoms with van der Waals surface area (Å²) < 4.78 is 0. The van der Waals surface area contributed by atoms with Crippen LogP contribution in [0.2, 0.25) is 0 Å². The Kier molecular flexibility index (Phi) is 27.1. The zero-order chi connectivity index (χ0) is 23.5. The van der Waals surface area contributed by atoms with Crippen molar-refractivity contribution in [3.8, 4) is 0 Å². The van der Waals surface area contributed by atoms with Crippen LogP contribution in [0.4, 0.5) is 0 Å². The van der Waals surface area contributed by atoms with Gasteiger partial charge in [0.05, 0.1) is 12.2 Å². The highest BCUT2D eigenvalue weighted by molar-refractivity contribution is 4.64. The van der Waals surface area contributed by atoms with Gasteiger partial charge < -0.3 is 10.2 Å². The second-order valence-corrected chi connectivity index (χ2v) is 10.5. The number of aliphatic hydroxyl groups excluding tert-OH is 2. The normalized spacial score (nSPS) is 13.5. The predicted octanol–water partition coefficient (Wildman–Crippen LogP) is 9.89. The summed E-state index contributed by atoms with van der Waals surface area (Å²) in [6.07, 6.45) is 33.0. The molecule has 0 heterocycles. The Morgan fingerprint density at radius 2 is 0.562 bits per heavy atom. The van der Waals surface area contributed by atoms with E-state index < -0.39 is 0 Å². The van der Waals surface area contributed by atoms with Crippen LogP contribution in [-0.2, 0) is 0 Å². The van der Waals surface area contributed by atoms with E-state index in [1.165, 1.54) is 135 Å². The highest BCUT2D eigenvalue weighted by Gasteiger charge is 2.11. The van der Waals surface area contributed by atoms with Gasteiger partial charge in [0.15, 0.2) is 0 Å². The van der Waals surface area contributed by atoms with Gasteiger partial charge in [-0.05, 0) is 19.3 Å². The fourth-order valence-corrected chi connectivity index (χ4v) is 4.81. The molecule has 0 aromatic carbocycles. The summed E-state index contributed by atoms with van der Waals surface area (Å²) in [5, 5.41) is 20.1. The highest BCUT2D eigenvalue weighted by Crippen LogP contribution is 2.16. The minimum absolute atomic E-state index is 0.304. The maximum atomic E-state index is 10.1. The summed E-state index contributed by atoms with van der Waals surface area (Å²) >= 11 is 0. The molecule has 2 unspecified atom stereocenters. The molecule has 0 aliphatic carbocycles. The van der Waals surface area contributed by atoms with Crippen molar-refractivity contribution in [2.24, 2.45) is 0 Å². The molecule has 0 saturated carbocycles. The van der Waals surface area contributed by atoms with Crippen LogP contribution in [0.25, 0.3) is 0 Å². The molecule has 0 aliphatic heterocycles. The topological polar surface area (TPSA) is 40.5 Å². The lowest BCUT2D eigenvalue weighted by molar-refractivity contribution is 0.0680. The van der Waals surface area contributed by atoms with Gasteiger partial charge in [-0.1, -0.05) is 162 Å². The molecule has 2 heteroatoms. The van der Waals surface area contributed by atoms with Gasteiger partial charge in [0.25, 0.3) is 0 Å². The van der Waals surface area contributed by atoms with Crippen LogP contribution >= 0.6 is 0 Å². The Bertz CT molecular complexity index is 331. The van der Waals surface area contributed by atoms with Crippen LogP contribution in [0.3, 0.4) is 0 Å². The van der Waals surface area contributed by atoms with E-state index in [2.05, 4.69) is 13.8 Å². The molecule has 0 aliphatic rings. The van der Waals surface area contributed by atoms with E-state index in [4.69, 9.17) is 0 Å². The van der Waals surface area contributed by atoms with Crippen LogP contribution in [0.5, 0.6) is 0 Å². The summed E-state index contributed by atoms with van der Waals surface area (Å²) in [5.41, 5.74) is 0. The summed E-state index contributed by atoms with van der Waals surface area (Å²) in [5.74, 6) is 0. The zero-order valence-corrected chi connectivity index (χ0v) is 22.4. The quantitative estimate of drug-likeness (QED) is 0.121. The van der Waals surface area contributed by atoms with Gasteiger partial charge >= 0.3 is 0 Å². The molecule has 0 aromatic rings. The number of aliphatic hydroxyl groups is 2. The van der Waals surface area contributed by atoms with Gasteiger partial charge in [0, 0.05) is 0 Å². The highest BCUT2D eigenvalue weighted by atomic mass is 16.3. The number of hydrogen-bond donors (Lipinski definition) is 2. The summed E-state index contributed by atoms with van der Waals surface area (Å²) in [4.78, 5) is 0. The van der Waals surface area contributed by atoms with E-state index in [0.717, 1.165) is 25.7 Å². The van der Waals surface area contributed by atoms with Gasteiger partial charge in [-0.25, -0.2) is 0 Å². The Morgan fingerprint density at radius 1 is 0.344 bits per heavy atom. The molecule has 194 valence electrons. The first-order chi connectivity index (χ1) is 15.7. The average Bonchev–Trinajstić information content (AvgIpc) is 2.78. The number of rotatable bonds is 27. The van der Waals surface area contributed by atoms with Gasteiger partial charge in [-0.3, -0.25) is 0 Å². The van der Waals surface area contributed by atoms with Crippen molar-refractivity contribution < 1.29 is 10.2 Å². The fraction of sp³-hybridized carbons (Fsp3) is 1.00. The molecule has 0 bridgehead atoms. The molecular weight excluding hydrogens is 392 g/mol. The molecule has 0 amide bonds. The lowest BCUT2D eigenvalue weighted by atomic mass is 10.00. The molecule has 2 nitrogen and oxygen atoms in total. The summed E-state index contributed by atoms with van der Waals surface area (Å²) in [6.45, 7) is 4.50. The van der Waals surface area contributed by atoms with Gasteiger partial charge in [-0.15, -0.1) is 0 Å². The maximum absolute atomic E-state index is 10.1. The van der Waals surface area contributed by atoms with E-state index in [1.54, 1.807) is 0 Å². The standard InChI is InChI=1S/C30H62O2/c1-3-5-7-9-10-11-12-13-14-15-16-17-18-19-20-21-22-23-25-27-30(32)28-29(31)26-24-8-6-4-2/h29-32H,3-28H2,1-2H3. The predicted molar refractivity (Wildman–Crippen MR) is 143 cm³/mol. The van der Waals surface area contributed by atoms with Crippen molar-refractivity contribution in [1.82, 2.24) is 0 Å². The Labute approximate surface area is 203 Å². The first-order valence-electron chi connectivity index (χ1n) is 15.1. The minimum Gasteiger partial charge on any atom is -0.393 e. The molecule has 0 saturated heterocycles. The smallest absolute Gasteiger partial charge is 0.0564 e. The SMILES string of the molecule is CCCCCCCCCCCCCCCCCCCCCC(O)CC(O)CCCCCC. The third kappa shape index (κ3) is 26.2. The zero-order valence-electron chi connectivity index (χ0n) is 22.4. The largest absolute Gasteiger partial charge is 0.393 e. The fourth-order valence-electron chi connectivity index (χ4n) is 4.81. The van der Waals surface area contributed by atoms with Crippen molar-refractivity contribution >= 4 is 0 Å². The van der Waals surface area contributed by atoms with Gasteiger partial charge in [0.2, 0.25) is 0 Å². The van der Waals surface area contributed by atoms with Crippen molar-refractivity contribution in [1.29, 1.82) is 0 Å². The molecule has 2 atom stereocenters. The maximum Gasteiger partial charge on any atom is 0.0564 e. The lowest BCUT2D eigenvalue weighted by Gasteiger charge is -2.15. The van der Waals surface area contributed by atoms with E-state index in [-0.39, 0.29) is 12.2 Å². The van der Waals surface area contributed by atoms with E-state index in [9.17, 15) is 10.2 Å². The Balaban J connectivity index is 3.18. The Hall–Kier alpha value is -0.0800. The van der Waals surface area contributed by atoms with E-state index >= 15 is 0 Å². The van der Waals surface area contributed by atoms with Crippen LogP contribution < -0.4 is 0 Å². The van der Waals surface area contributed by atoms with Crippen molar-refractivity contribution in [2.45, 2.75) is 193 Å². The first-order valence-corrected chi connectivity index (χ1v) is 15.1. The summed E-state index contributed by atoms with van der Waals surface area (Å²) in [6, 6.07) is 0. The number of hydrogen-bond acceptors (Lipinski definition) is 2. The monoisotopic (exact) mass is 454 g/mol. The molecule has 0 rings (SSSR count). The molecule has 0 fully saturated rings. The van der Waals surface area contributed by atoms with Crippen LogP contribution in [0, 0.1) is 0 Å². The van der Waals surface area contributed by atoms with Crippen LogP contribution in [0.1, 0.15) is 181 Å². The molecular formula is C30H62O2. The van der Waals surface area contributed by atoms with E-state index in [0.29, 0.717) is 6.42 Å². The average molecular weight is 455 g/mol. The van der Waals surface area contributed by atoms with Crippen molar-refractivity contribution in [3.05, 3.63) is 0 Å². The molecule has 0 aromatic heterocycles. The molecule has 0 spiro atoms. The van der Waals surface area contributed by atoms with Gasteiger partial charge in [0.1, 0.15) is 0 Å². The van der Waals surface area contributed by atoms with E-state index in [1.807, 2.05) is 0 Å². The minimum atomic E-state index is -0.304. The van der Waals surface area contributed by atoms with Gasteiger partial charge in [-0.2, -0.15) is 0 Å². The van der Waals surface area contributed by atoms with Crippen molar-refractivity contribution in [2.75, 3.05) is 0 Å². The van der Waals surface area contributed by atoms with Crippen LogP contribution in [-0.4, -0.2) is 22.4 Å². The second kappa shape index (κ2) is 27.2. The first kappa shape index (κ1) is 31.9. The van der Waals surface area contributed by atoms with Crippen LogP contribution in [0.15, 0.2) is 0 Å². The second-order valence-electron chi connectivity index (χ2n) is 10.5. The molecule has 32 heavy (non-hydrogen) atoms. The third-order valence-electron chi connectivity index (χ3n) is 7.08. The Morgan fingerprint density at radius 3 is 0.844 bits per heavy atom.